The van der Waals surface area contributed by atoms with E-state index in [1.165, 1.54) is 6.07 Å². The third kappa shape index (κ3) is 4.73. The van der Waals surface area contributed by atoms with Gasteiger partial charge in [0.2, 0.25) is 0 Å². The van der Waals surface area contributed by atoms with E-state index in [0.717, 1.165) is 6.07 Å². The fourth-order valence-corrected chi connectivity index (χ4v) is 1.44. The van der Waals surface area contributed by atoms with Crippen LogP contribution in [0.2, 0.25) is 0 Å². The molecule has 0 saturated carbocycles. The molecule has 0 aliphatic carbocycles. The zero-order valence-electron chi connectivity index (χ0n) is 9.38. The molecule has 0 aliphatic heterocycles. The maximum absolute atomic E-state index is 12.5. The predicted molar refractivity (Wildman–Crippen MR) is 62.9 cm³/mol. The van der Waals surface area contributed by atoms with Gasteiger partial charge >= 0.3 is 31.0 Å². The van der Waals surface area contributed by atoms with Crippen molar-refractivity contribution in [3.63, 3.8) is 0 Å². The minimum absolute atomic E-state index is 0. The van der Waals surface area contributed by atoms with E-state index in [1.54, 1.807) is 19.0 Å². The zero-order valence-corrected chi connectivity index (χ0v) is 9.38. The van der Waals surface area contributed by atoms with Gasteiger partial charge in [0.05, 0.1) is 11.1 Å². The monoisotopic (exact) mass is 255 g/mol. The molecule has 0 aromatic heterocycles. The van der Waals surface area contributed by atoms with Crippen LogP contribution in [0.1, 0.15) is 21.5 Å². The Kier molecular flexibility index (Phi) is 5.94. The first-order chi connectivity index (χ1) is 7.70. The average molecular weight is 255 g/mol. The summed E-state index contributed by atoms with van der Waals surface area (Å²) < 4.78 is 37.6. The molecule has 1 N–H and O–H groups in total. The molecule has 1 rings (SSSR count). The van der Waals surface area contributed by atoms with Crippen molar-refractivity contribution in [1.82, 2.24) is 4.90 Å². The standard InChI is InChI=1S/C11H12F3NO2.Li.H/c1-15(2)6-7-3-8(10(16)17)5-9(4-7)11(12,13)14;;/h3-5H,6H2,1-2H3,(H,16,17);;. The van der Waals surface area contributed by atoms with Crippen molar-refractivity contribution in [3.05, 3.63) is 34.9 Å². The van der Waals surface area contributed by atoms with Crippen molar-refractivity contribution in [3.8, 4) is 0 Å². The first-order valence-electron chi connectivity index (χ1n) is 4.79. The number of halogens is 3. The Bertz CT molecular complexity index is 433. The van der Waals surface area contributed by atoms with E-state index >= 15 is 0 Å². The summed E-state index contributed by atoms with van der Waals surface area (Å²) in [6.07, 6.45) is -4.54. The Hall–Kier alpha value is -0.963. The molecule has 96 valence electrons. The summed E-state index contributed by atoms with van der Waals surface area (Å²) in [5.74, 6) is -1.36. The van der Waals surface area contributed by atoms with E-state index in [-0.39, 0.29) is 31.0 Å². The molecule has 7 heteroatoms. The topological polar surface area (TPSA) is 40.5 Å². The van der Waals surface area contributed by atoms with E-state index in [1.807, 2.05) is 0 Å². The number of carbonyl (C=O) groups is 1. The Balaban J connectivity index is 0.00000289. The molecule has 0 atom stereocenters. The number of benzene rings is 1. The van der Waals surface area contributed by atoms with Gasteiger partial charge in [-0.15, -0.1) is 0 Å². The van der Waals surface area contributed by atoms with Crippen molar-refractivity contribution >= 4 is 24.8 Å². The Morgan fingerprint density at radius 3 is 2.22 bits per heavy atom. The van der Waals surface area contributed by atoms with Crippen LogP contribution in [0.15, 0.2) is 18.2 Å². The number of aromatic carboxylic acids is 1. The SMILES string of the molecule is CN(C)Cc1cc(C(=O)O)cc(C(F)(F)F)c1.[LiH]. The van der Waals surface area contributed by atoms with Crippen LogP contribution in [0.5, 0.6) is 0 Å². The minimum atomic E-state index is -4.54. The third-order valence-corrected chi connectivity index (χ3v) is 2.07. The van der Waals surface area contributed by atoms with Gasteiger partial charge in [0.25, 0.3) is 0 Å². The van der Waals surface area contributed by atoms with Gasteiger partial charge in [-0.3, -0.25) is 0 Å². The van der Waals surface area contributed by atoms with E-state index in [9.17, 15) is 18.0 Å². The summed E-state index contributed by atoms with van der Waals surface area (Å²) in [4.78, 5) is 12.4. The number of carboxylic acid groups (broad SMARTS) is 1. The van der Waals surface area contributed by atoms with Crippen LogP contribution in [0, 0.1) is 0 Å². The maximum atomic E-state index is 12.5. The molecule has 0 unspecified atom stereocenters. The molecular weight excluding hydrogens is 242 g/mol. The molecule has 0 amide bonds. The van der Waals surface area contributed by atoms with E-state index < -0.39 is 17.7 Å². The third-order valence-electron chi connectivity index (χ3n) is 2.07. The summed E-state index contributed by atoms with van der Waals surface area (Å²) in [5.41, 5.74) is -0.965. The molecule has 0 radical (unpaired) electrons. The van der Waals surface area contributed by atoms with Gasteiger partial charge in [0.15, 0.2) is 0 Å². The van der Waals surface area contributed by atoms with Gasteiger partial charge in [-0.1, -0.05) is 0 Å². The second-order valence-electron chi connectivity index (χ2n) is 3.96. The van der Waals surface area contributed by atoms with Crippen molar-refractivity contribution in [2.24, 2.45) is 0 Å². The van der Waals surface area contributed by atoms with Gasteiger partial charge in [0.1, 0.15) is 0 Å². The summed E-state index contributed by atoms with van der Waals surface area (Å²) in [6, 6.07) is 2.85. The average Bonchev–Trinajstić information content (AvgIpc) is 2.14. The summed E-state index contributed by atoms with van der Waals surface area (Å²) in [7, 11) is 3.39. The normalized spacial score (nSPS) is 11.2. The van der Waals surface area contributed by atoms with Gasteiger partial charge in [-0.05, 0) is 37.9 Å². The molecule has 0 saturated heterocycles. The second-order valence-corrected chi connectivity index (χ2v) is 3.96. The van der Waals surface area contributed by atoms with Crippen molar-refractivity contribution in [2.75, 3.05) is 14.1 Å². The molecule has 3 nitrogen and oxygen atoms in total. The second kappa shape index (κ2) is 6.28. The van der Waals surface area contributed by atoms with Crippen LogP contribution in [0.25, 0.3) is 0 Å². The van der Waals surface area contributed by atoms with Crippen molar-refractivity contribution in [1.29, 1.82) is 0 Å². The van der Waals surface area contributed by atoms with Crippen LogP contribution in [-0.2, 0) is 12.7 Å². The molecule has 0 fully saturated rings. The van der Waals surface area contributed by atoms with Crippen LogP contribution in [-0.4, -0.2) is 48.9 Å². The summed E-state index contributed by atoms with van der Waals surface area (Å²) in [6.45, 7) is 0.254. The molecule has 0 spiro atoms. The summed E-state index contributed by atoms with van der Waals surface area (Å²) >= 11 is 0. The zero-order chi connectivity index (χ0) is 13.2. The number of hydrogen-bond acceptors (Lipinski definition) is 2. The fourth-order valence-electron chi connectivity index (χ4n) is 1.44. The molecule has 0 bridgehead atoms. The number of nitrogens with zero attached hydrogens (tertiary/aromatic N) is 1. The first-order valence-corrected chi connectivity index (χ1v) is 4.79. The number of hydrogen-bond donors (Lipinski definition) is 1. The van der Waals surface area contributed by atoms with E-state index in [0.29, 0.717) is 11.6 Å². The number of alkyl halides is 3. The van der Waals surface area contributed by atoms with Crippen molar-refractivity contribution < 1.29 is 23.1 Å². The fraction of sp³-hybridized carbons (Fsp3) is 0.364. The molecule has 18 heavy (non-hydrogen) atoms. The quantitative estimate of drug-likeness (QED) is 0.837. The van der Waals surface area contributed by atoms with Crippen LogP contribution in [0.4, 0.5) is 13.2 Å². The Morgan fingerprint density at radius 2 is 1.83 bits per heavy atom. The van der Waals surface area contributed by atoms with Gasteiger partial charge in [-0.25, -0.2) is 4.79 Å². The molecular formula is C11H13F3LiNO2. The molecule has 0 heterocycles. The van der Waals surface area contributed by atoms with Gasteiger partial charge in [0, 0.05) is 6.54 Å². The van der Waals surface area contributed by atoms with Crippen LogP contribution in [0.3, 0.4) is 0 Å². The van der Waals surface area contributed by atoms with E-state index in [2.05, 4.69) is 0 Å². The Morgan fingerprint density at radius 1 is 1.28 bits per heavy atom. The van der Waals surface area contributed by atoms with E-state index in [4.69, 9.17) is 5.11 Å². The number of rotatable bonds is 3. The van der Waals surface area contributed by atoms with Gasteiger partial charge in [-0.2, -0.15) is 13.2 Å². The van der Waals surface area contributed by atoms with Crippen LogP contribution < -0.4 is 0 Å². The molecule has 0 aliphatic rings. The molecule has 1 aromatic rings. The Labute approximate surface area is 115 Å². The first kappa shape index (κ1) is 17.0. The van der Waals surface area contributed by atoms with Gasteiger partial charge < -0.3 is 10.0 Å². The van der Waals surface area contributed by atoms with Crippen LogP contribution >= 0.6 is 0 Å². The molecule has 1 aromatic carbocycles. The summed E-state index contributed by atoms with van der Waals surface area (Å²) in [5, 5.41) is 8.75. The van der Waals surface area contributed by atoms with Crippen molar-refractivity contribution in [2.45, 2.75) is 12.7 Å². The predicted octanol–water partition coefficient (Wildman–Crippen LogP) is 1.82. The number of carboxylic acids is 1.